The van der Waals surface area contributed by atoms with Gasteiger partial charge in [-0.15, -0.1) is 0 Å². The molecule has 9 heteroatoms. The Hall–Kier alpha value is -3.17. The van der Waals surface area contributed by atoms with Crippen LogP contribution in [0.25, 0.3) is 22.4 Å². The predicted molar refractivity (Wildman–Crippen MR) is 123 cm³/mol. The third-order valence-electron chi connectivity index (χ3n) is 4.51. The molecule has 8 nitrogen and oxygen atoms in total. The monoisotopic (exact) mass is 420 g/mol. The first kappa shape index (κ1) is 20.1. The van der Waals surface area contributed by atoms with Crippen molar-refractivity contribution in [2.24, 2.45) is 0 Å². The zero-order chi connectivity index (χ0) is 20.9. The average molecular weight is 421 g/mol. The fraction of sp³-hybridized carbons (Fsp3) is 0.238. The Bertz CT molecular complexity index is 1110. The first-order valence-corrected chi connectivity index (χ1v) is 10.5. The van der Waals surface area contributed by atoms with Gasteiger partial charge in [-0.3, -0.25) is 10.1 Å². The Morgan fingerprint density at radius 1 is 1.10 bits per heavy atom. The predicted octanol–water partition coefficient (Wildman–Crippen LogP) is 3.82. The maximum Gasteiger partial charge on any atom is 0.186 e. The summed E-state index contributed by atoms with van der Waals surface area (Å²) >= 11 is 1.52. The van der Waals surface area contributed by atoms with Crippen molar-refractivity contribution in [1.82, 2.24) is 30.0 Å². The summed E-state index contributed by atoms with van der Waals surface area (Å²) in [6.45, 7) is 3.68. The highest BCUT2D eigenvalue weighted by Crippen LogP contribution is 2.27. The molecule has 3 aromatic heterocycles. The van der Waals surface area contributed by atoms with E-state index in [-0.39, 0.29) is 0 Å². The fourth-order valence-electron chi connectivity index (χ4n) is 2.94. The first-order valence-electron chi connectivity index (χ1n) is 9.65. The van der Waals surface area contributed by atoms with Gasteiger partial charge in [0.15, 0.2) is 11.5 Å². The molecule has 30 heavy (non-hydrogen) atoms. The number of hydrogen-bond acceptors (Lipinski definition) is 8. The summed E-state index contributed by atoms with van der Waals surface area (Å²) in [5.74, 6) is 1.45. The Kier molecular flexibility index (Phi) is 6.10. The molecule has 0 amide bonds. The molecule has 0 aliphatic heterocycles. The average Bonchev–Trinajstić information content (AvgIpc) is 3.14. The summed E-state index contributed by atoms with van der Waals surface area (Å²) in [6.07, 6.45) is 3.59. The van der Waals surface area contributed by atoms with Gasteiger partial charge in [0.1, 0.15) is 5.82 Å². The van der Waals surface area contributed by atoms with Gasteiger partial charge in [-0.2, -0.15) is 5.10 Å². The zero-order valence-corrected chi connectivity index (χ0v) is 18.0. The van der Waals surface area contributed by atoms with Crippen LogP contribution in [-0.4, -0.2) is 57.2 Å². The molecule has 0 bridgehead atoms. The molecule has 0 radical (unpaired) electrons. The molecule has 3 N–H and O–H groups in total. The molecule has 4 rings (SSSR count). The van der Waals surface area contributed by atoms with E-state index >= 15 is 0 Å². The van der Waals surface area contributed by atoms with E-state index in [2.05, 4.69) is 35.1 Å². The van der Waals surface area contributed by atoms with Crippen molar-refractivity contribution in [2.75, 3.05) is 37.2 Å². The van der Waals surface area contributed by atoms with Crippen molar-refractivity contribution in [3.05, 3.63) is 54.5 Å². The zero-order valence-electron chi connectivity index (χ0n) is 17.2. The number of aryl methyl sites for hydroxylation is 1. The molecule has 0 spiro atoms. The number of aromatic amines is 1. The summed E-state index contributed by atoms with van der Waals surface area (Å²) in [5.41, 5.74) is 3.55. The third kappa shape index (κ3) is 4.69. The van der Waals surface area contributed by atoms with Crippen LogP contribution in [0.4, 0.5) is 11.5 Å². The summed E-state index contributed by atoms with van der Waals surface area (Å²) in [7, 11) is 4.10. The topological polar surface area (TPSA) is 94.7 Å². The SMILES string of the molecule is Cc1[nH]nc2nc(-c3ccc(NSc4cccnc4)cc3)nc(NCCN(C)C)c12. The quantitative estimate of drug-likeness (QED) is 0.370. The van der Waals surface area contributed by atoms with Crippen molar-refractivity contribution in [1.29, 1.82) is 0 Å². The number of aromatic nitrogens is 5. The second kappa shape index (κ2) is 9.10. The Morgan fingerprint density at radius 2 is 1.93 bits per heavy atom. The van der Waals surface area contributed by atoms with E-state index in [1.165, 1.54) is 11.9 Å². The summed E-state index contributed by atoms with van der Waals surface area (Å²) in [6, 6.07) is 12.0. The van der Waals surface area contributed by atoms with E-state index in [1.807, 2.05) is 63.6 Å². The van der Waals surface area contributed by atoms with Crippen LogP contribution >= 0.6 is 11.9 Å². The minimum atomic E-state index is 0.646. The largest absolute Gasteiger partial charge is 0.368 e. The van der Waals surface area contributed by atoms with E-state index in [0.29, 0.717) is 11.5 Å². The number of nitrogens with zero attached hydrogens (tertiary/aromatic N) is 5. The van der Waals surface area contributed by atoms with Crippen LogP contribution in [0.1, 0.15) is 5.69 Å². The molecular weight excluding hydrogens is 396 g/mol. The minimum absolute atomic E-state index is 0.646. The molecule has 0 aliphatic rings. The standard InChI is InChI=1S/C21H24N8S/c1-14-18-20(23-11-12-29(2)3)24-19(25-21(18)27-26-14)15-6-8-16(9-7-15)28-30-17-5-4-10-22-13-17/h4-10,13,28H,11-12H2,1-3H3,(H2,23,24,25,26,27). The maximum atomic E-state index is 4.79. The number of pyridine rings is 1. The van der Waals surface area contributed by atoms with Gasteiger partial charge >= 0.3 is 0 Å². The van der Waals surface area contributed by atoms with Gasteiger partial charge in [-0.05, 0) is 69.4 Å². The smallest absolute Gasteiger partial charge is 0.186 e. The third-order valence-corrected chi connectivity index (χ3v) is 5.33. The molecule has 0 fully saturated rings. The lowest BCUT2D eigenvalue weighted by atomic mass is 10.2. The van der Waals surface area contributed by atoms with E-state index < -0.39 is 0 Å². The molecular formula is C21H24N8S. The molecule has 1 aromatic carbocycles. The lowest BCUT2D eigenvalue weighted by Gasteiger charge is -2.12. The van der Waals surface area contributed by atoms with Gasteiger partial charge in [0.05, 0.1) is 5.39 Å². The van der Waals surface area contributed by atoms with E-state index in [9.17, 15) is 0 Å². The highest BCUT2D eigenvalue weighted by Gasteiger charge is 2.14. The molecule has 0 unspecified atom stereocenters. The Morgan fingerprint density at radius 3 is 2.67 bits per heavy atom. The summed E-state index contributed by atoms with van der Waals surface area (Å²) < 4.78 is 3.32. The van der Waals surface area contributed by atoms with Gasteiger partial charge in [-0.1, -0.05) is 0 Å². The molecule has 154 valence electrons. The molecule has 4 aromatic rings. The molecule has 0 saturated heterocycles. The Labute approximate surface area is 179 Å². The minimum Gasteiger partial charge on any atom is -0.368 e. The van der Waals surface area contributed by atoms with Crippen molar-refractivity contribution in [2.45, 2.75) is 11.8 Å². The lowest BCUT2D eigenvalue weighted by Crippen LogP contribution is -2.21. The van der Waals surface area contributed by atoms with Crippen LogP contribution in [0.5, 0.6) is 0 Å². The molecule has 3 heterocycles. The van der Waals surface area contributed by atoms with Crippen molar-refractivity contribution in [3.63, 3.8) is 0 Å². The van der Waals surface area contributed by atoms with E-state index in [1.54, 1.807) is 6.20 Å². The number of hydrogen-bond donors (Lipinski definition) is 3. The van der Waals surface area contributed by atoms with Crippen molar-refractivity contribution < 1.29 is 0 Å². The van der Waals surface area contributed by atoms with Crippen LogP contribution in [0.15, 0.2) is 53.7 Å². The fourth-order valence-corrected chi connectivity index (χ4v) is 3.57. The highest BCUT2D eigenvalue weighted by atomic mass is 32.2. The van der Waals surface area contributed by atoms with Crippen molar-refractivity contribution in [3.8, 4) is 11.4 Å². The summed E-state index contributed by atoms with van der Waals surface area (Å²) in [5, 5.41) is 11.7. The molecule has 0 aliphatic carbocycles. The van der Waals surface area contributed by atoms with Gasteiger partial charge in [0.2, 0.25) is 0 Å². The maximum absolute atomic E-state index is 4.79. The van der Waals surface area contributed by atoms with E-state index in [0.717, 1.165) is 46.1 Å². The van der Waals surface area contributed by atoms with Crippen LogP contribution in [0.3, 0.4) is 0 Å². The van der Waals surface area contributed by atoms with Crippen molar-refractivity contribution >= 4 is 34.5 Å². The van der Waals surface area contributed by atoms with Gasteiger partial charge in [0, 0.05) is 47.3 Å². The molecule has 0 atom stereocenters. The van der Waals surface area contributed by atoms with Crippen LogP contribution in [-0.2, 0) is 0 Å². The van der Waals surface area contributed by atoms with E-state index in [4.69, 9.17) is 4.98 Å². The number of fused-ring (bicyclic) bond motifs is 1. The molecule has 0 saturated carbocycles. The number of rotatable bonds is 8. The van der Waals surface area contributed by atoms with Crippen LogP contribution in [0.2, 0.25) is 0 Å². The first-order chi connectivity index (χ1) is 14.6. The lowest BCUT2D eigenvalue weighted by molar-refractivity contribution is 0.425. The Balaban J connectivity index is 1.54. The van der Waals surface area contributed by atoms with Gasteiger partial charge in [-0.25, -0.2) is 9.97 Å². The van der Waals surface area contributed by atoms with Gasteiger partial charge in [0.25, 0.3) is 0 Å². The van der Waals surface area contributed by atoms with Crippen LogP contribution in [0, 0.1) is 6.92 Å². The second-order valence-electron chi connectivity index (χ2n) is 7.14. The highest BCUT2D eigenvalue weighted by molar-refractivity contribution is 8.00. The normalized spacial score (nSPS) is 11.2. The summed E-state index contributed by atoms with van der Waals surface area (Å²) in [4.78, 5) is 16.7. The number of nitrogens with one attached hydrogen (secondary N) is 3. The second-order valence-corrected chi connectivity index (χ2v) is 8.02. The number of likely N-dealkylation sites (N-methyl/N-ethyl adjacent to an activating group) is 1. The van der Waals surface area contributed by atoms with Gasteiger partial charge < -0.3 is 14.9 Å². The number of anilines is 2. The number of H-pyrrole nitrogens is 1. The number of benzene rings is 1. The van der Waals surface area contributed by atoms with Crippen LogP contribution < -0.4 is 10.0 Å².